The molecule has 0 unspecified atom stereocenters. The minimum absolute atomic E-state index is 0.617. The lowest BCUT2D eigenvalue weighted by Crippen LogP contribution is -2.14. The molecule has 0 amide bonds. The Morgan fingerprint density at radius 2 is 1.27 bits per heavy atom. The molecule has 2 rings (SSSR count). The van der Waals surface area contributed by atoms with Gasteiger partial charge in [-0.1, -0.05) is 76.4 Å². The zero-order chi connectivity index (χ0) is 19.4. The number of hydrogen-bond acceptors (Lipinski definition) is 1. The summed E-state index contributed by atoms with van der Waals surface area (Å²) in [5.41, 5.74) is 2.28. The molecule has 0 aliphatic heterocycles. The SMILES string of the molecule is CCC.CCCCCNCc1ccc(-c2ccc(C(F)(F)F)cc2)cc1. The number of unbranched alkanes of at least 4 members (excludes halogenated alkanes) is 2. The molecule has 0 fully saturated rings. The molecule has 26 heavy (non-hydrogen) atoms. The van der Waals surface area contributed by atoms with Crippen LogP contribution in [0.2, 0.25) is 0 Å². The molecule has 0 bridgehead atoms. The summed E-state index contributed by atoms with van der Waals surface area (Å²) < 4.78 is 37.7. The third-order valence-electron chi connectivity index (χ3n) is 3.79. The topological polar surface area (TPSA) is 12.0 Å². The number of nitrogens with one attached hydrogen (secondary N) is 1. The fourth-order valence-electron chi connectivity index (χ4n) is 2.40. The van der Waals surface area contributed by atoms with Crippen molar-refractivity contribution in [2.75, 3.05) is 6.54 Å². The summed E-state index contributed by atoms with van der Waals surface area (Å²) in [7, 11) is 0. The Labute approximate surface area is 155 Å². The second kappa shape index (κ2) is 11.7. The lowest BCUT2D eigenvalue weighted by Gasteiger charge is -2.09. The predicted octanol–water partition coefficient (Wildman–Crippen LogP) is 7.07. The average Bonchev–Trinajstić information content (AvgIpc) is 2.62. The fourth-order valence-corrected chi connectivity index (χ4v) is 2.40. The summed E-state index contributed by atoms with van der Waals surface area (Å²) >= 11 is 0. The van der Waals surface area contributed by atoms with Crippen LogP contribution in [0.25, 0.3) is 11.1 Å². The van der Waals surface area contributed by atoms with Gasteiger partial charge in [-0.05, 0) is 41.8 Å². The van der Waals surface area contributed by atoms with Crippen molar-refractivity contribution >= 4 is 0 Å². The molecule has 2 aromatic rings. The Bertz CT molecular complexity index is 601. The lowest BCUT2D eigenvalue weighted by molar-refractivity contribution is -0.137. The first-order valence-electron chi connectivity index (χ1n) is 9.39. The summed E-state index contributed by atoms with van der Waals surface area (Å²) in [6, 6.07) is 13.2. The van der Waals surface area contributed by atoms with Gasteiger partial charge in [0.15, 0.2) is 0 Å². The largest absolute Gasteiger partial charge is 0.416 e. The molecule has 0 heterocycles. The van der Waals surface area contributed by atoms with E-state index in [4.69, 9.17) is 0 Å². The van der Waals surface area contributed by atoms with E-state index in [0.29, 0.717) is 0 Å². The van der Waals surface area contributed by atoms with Crippen molar-refractivity contribution in [1.29, 1.82) is 0 Å². The van der Waals surface area contributed by atoms with Gasteiger partial charge in [-0.3, -0.25) is 0 Å². The monoisotopic (exact) mass is 365 g/mol. The highest BCUT2D eigenvalue weighted by Crippen LogP contribution is 2.31. The Balaban J connectivity index is 0.00000105. The Kier molecular flexibility index (Phi) is 10.0. The van der Waals surface area contributed by atoms with Gasteiger partial charge in [-0.2, -0.15) is 13.2 Å². The molecule has 2 aromatic carbocycles. The van der Waals surface area contributed by atoms with E-state index >= 15 is 0 Å². The number of benzene rings is 2. The Morgan fingerprint density at radius 3 is 1.73 bits per heavy atom. The summed E-state index contributed by atoms with van der Waals surface area (Å²) in [5, 5.41) is 3.39. The minimum atomic E-state index is -4.29. The van der Waals surface area contributed by atoms with Gasteiger partial charge in [0.25, 0.3) is 0 Å². The second-order valence-corrected chi connectivity index (χ2v) is 6.36. The van der Waals surface area contributed by atoms with E-state index in [1.165, 1.54) is 43.4 Å². The van der Waals surface area contributed by atoms with Crippen LogP contribution in [0.1, 0.15) is 57.6 Å². The van der Waals surface area contributed by atoms with Crippen LogP contribution in [-0.2, 0) is 12.7 Å². The van der Waals surface area contributed by atoms with Crippen molar-refractivity contribution in [3.8, 4) is 11.1 Å². The summed E-state index contributed by atoms with van der Waals surface area (Å²) in [5.74, 6) is 0. The molecule has 0 saturated carbocycles. The normalized spacial score (nSPS) is 11.0. The predicted molar refractivity (Wildman–Crippen MR) is 104 cm³/mol. The van der Waals surface area contributed by atoms with Crippen molar-refractivity contribution in [1.82, 2.24) is 5.32 Å². The van der Waals surface area contributed by atoms with Gasteiger partial charge in [0.2, 0.25) is 0 Å². The summed E-state index contributed by atoms with van der Waals surface area (Å²) in [4.78, 5) is 0. The van der Waals surface area contributed by atoms with Crippen LogP contribution in [0.5, 0.6) is 0 Å². The molecule has 1 nitrogen and oxygen atoms in total. The van der Waals surface area contributed by atoms with Gasteiger partial charge in [-0.15, -0.1) is 0 Å². The first-order chi connectivity index (χ1) is 12.4. The molecule has 144 valence electrons. The zero-order valence-electron chi connectivity index (χ0n) is 16.0. The summed E-state index contributed by atoms with van der Waals surface area (Å²) in [6.07, 6.45) is 0.593. The van der Waals surface area contributed by atoms with Crippen molar-refractivity contribution in [3.05, 3.63) is 59.7 Å². The van der Waals surface area contributed by atoms with E-state index in [-0.39, 0.29) is 0 Å². The van der Waals surface area contributed by atoms with Crippen molar-refractivity contribution < 1.29 is 13.2 Å². The Hall–Kier alpha value is -1.81. The molecule has 0 radical (unpaired) electrons. The van der Waals surface area contributed by atoms with Crippen LogP contribution in [0, 0.1) is 0 Å². The van der Waals surface area contributed by atoms with Crippen LogP contribution in [0.15, 0.2) is 48.5 Å². The van der Waals surface area contributed by atoms with E-state index in [1.807, 2.05) is 24.3 Å². The van der Waals surface area contributed by atoms with Gasteiger partial charge in [-0.25, -0.2) is 0 Å². The third kappa shape index (κ3) is 8.05. The molecular weight excluding hydrogens is 335 g/mol. The molecule has 0 saturated heterocycles. The second-order valence-electron chi connectivity index (χ2n) is 6.36. The van der Waals surface area contributed by atoms with E-state index in [1.54, 1.807) is 0 Å². The van der Waals surface area contributed by atoms with Gasteiger partial charge in [0.1, 0.15) is 0 Å². The standard InChI is InChI=1S/C19H22F3N.C3H8/c1-2-3-4-13-23-14-15-5-7-16(8-6-15)17-9-11-18(12-10-17)19(20,21)22;1-3-2/h5-12,23H,2-4,13-14H2,1H3;3H2,1-2H3. The molecule has 0 aromatic heterocycles. The maximum absolute atomic E-state index is 12.6. The maximum atomic E-state index is 12.6. The van der Waals surface area contributed by atoms with Gasteiger partial charge in [0.05, 0.1) is 5.56 Å². The quantitative estimate of drug-likeness (QED) is 0.517. The van der Waals surface area contributed by atoms with Crippen LogP contribution >= 0.6 is 0 Å². The van der Waals surface area contributed by atoms with Gasteiger partial charge < -0.3 is 5.32 Å². The van der Waals surface area contributed by atoms with Crippen molar-refractivity contribution in [3.63, 3.8) is 0 Å². The number of hydrogen-bond donors (Lipinski definition) is 1. The molecule has 0 aliphatic carbocycles. The molecule has 4 heteroatoms. The van der Waals surface area contributed by atoms with Crippen molar-refractivity contribution in [2.45, 2.75) is 59.2 Å². The molecular formula is C22H30F3N. The van der Waals surface area contributed by atoms with Crippen LogP contribution < -0.4 is 5.32 Å². The van der Waals surface area contributed by atoms with Crippen LogP contribution in [-0.4, -0.2) is 6.54 Å². The minimum Gasteiger partial charge on any atom is -0.313 e. The van der Waals surface area contributed by atoms with E-state index < -0.39 is 11.7 Å². The van der Waals surface area contributed by atoms with Gasteiger partial charge >= 0.3 is 6.18 Å². The van der Waals surface area contributed by atoms with Crippen LogP contribution in [0.3, 0.4) is 0 Å². The number of alkyl halides is 3. The average molecular weight is 365 g/mol. The maximum Gasteiger partial charge on any atom is 0.416 e. The highest BCUT2D eigenvalue weighted by molar-refractivity contribution is 5.64. The molecule has 1 N–H and O–H groups in total. The molecule has 0 atom stereocenters. The Morgan fingerprint density at radius 1 is 0.769 bits per heavy atom. The number of rotatable bonds is 7. The van der Waals surface area contributed by atoms with E-state index in [0.717, 1.165) is 36.3 Å². The first-order valence-corrected chi connectivity index (χ1v) is 9.39. The smallest absolute Gasteiger partial charge is 0.313 e. The molecule has 0 spiro atoms. The van der Waals surface area contributed by atoms with Crippen molar-refractivity contribution in [2.24, 2.45) is 0 Å². The highest BCUT2D eigenvalue weighted by Gasteiger charge is 2.29. The summed E-state index contributed by atoms with van der Waals surface area (Å²) in [6.45, 7) is 8.26. The van der Waals surface area contributed by atoms with Gasteiger partial charge in [0, 0.05) is 6.54 Å². The van der Waals surface area contributed by atoms with E-state index in [2.05, 4.69) is 26.1 Å². The lowest BCUT2D eigenvalue weighted by atomic mass is 10.0. The first kappa shape index (κ1) is 22.2. The number of halogens is 3. The van der Waals surface area contributed by atoms with E-state index in [9.17, 15) is 13.2 Å². The van der Waals surface area contributed by atoms with Crippen LogP contribution in [0.4, 0.5) is 13.2 Å². The fraction of sp³-hybridized carbons (Fsp3) is 0.455. The molecule has 0 aliphatic rings. The third-order valence-corrected chi connectivity index (χ3v) is 3.79. The highest BCUT2D eigenvalue weighted by atomic mass is 19.4. The zero-order valence-corrected chi connectivity index (χ0v) is 16.0.